The Hall–Kier alpha value is -0.280. The first-order chi connectivity index (χ1) is 3.81. The van der Waals surface area contributed by atoms with Crippen molar-refractivity contribution in [3.8, 4) is 0 Å². The molecular weight excluding hydrogens is 129 g/mol. The van der Waals surface area contributed by atoms with Crippen molar-refractivity contribution in [1.82, 2.24) is 0 Å². The van der Waals surface area contributed by atoms with Crippen molar-refractivity contribution >= 4 is 23.2 Å². The van der Waals surface area contributed by atoms with Gasteiger partial charge in [0.15, 0.2) is 0 Å². The zero-order valence-corrected chi connectivity index (χ0v) is 4.76. The van der Waals surface area contributed by atoms with Crippen LogP contribution >= 0.6 is 8.60 Å². The maximum atomic E-state index is 8.37. The molecule has 0 saturated carbocycles. The molecule has 42 valence electrons. The van der Waals surface area contributed by atoms with Crippen LogP contribution in [0.4, 0.5) is 0 Å². The molecule has 0 radical (unpaired) electrons. The quantitative estimate of drug-likeness (QED) is 0.371. The molecular formula is H3B2N2O3P. The molecule has 0 amide bonds. The normalized spacial score (nSPS) is 10.6. The van der Waals surface area contributed by atoms with Crippen LogP contribution in [-0.2, 0) is 8.88 Å². The Kier molecular flexibility index (Phi) is 4.70. The van der Waals surface area contributed by atoms with Crippen LogP contribution in [0.5, 0.6) is 0 Å². The second kappa shape index (κ2) is 4.87. The zero-order valence-electron chi connectivity index (χ0n) is 3.87. The van der Waals surface area contributed by atoms with Crippen LogP contribution in [0.3, 0.4) is 0 Å². The van der Waals surface area contributed by atoms with Gasteiger partial charge in [-0.3, -0.25) is 0 Å². The van der Waals surface area contributed by atoms with Gasteiger partial charge in [0, 0.05) is 0 Å². The summed E-state index contributed by atoms with van der Waals surface area (Å²) >= 11 is 0. The molecule has 0 aromatic heterocycles. The van der Waals surface area contributed by atoms with E-state index in [2.05, 4.69) is 8.88 Å². The monoisotopic (exact) mass is 132 g/mol. The average molecular weight is 132 g/mol. The van der Waals surface area contributed by atoms with Crippen molar-refractivity contribution in [2.24, 2.45) is 0 Å². The molecule has 0 spiro atoms. The number of nitrogens with one attached hydrogen (secondary N) is 2. The Labute approximate surface area is 48.6 Å². The summed E-state index contributed by atoms with van der Waals surface area (Å²) in [5.74, 6) is 0. The van der Waals surface area contributed by atoms with E-state index in [1.165, 1.54) is 0 Å². The first-order valence-electron chi connectivity index (χ1n) is 1.61. The number of hydrogen-bond acceptors (Lipinski definition) is 5. The molecule has 0 atom stereocenters. The molecule has 8 heavy (non-hydrogen) atoms. The van der Waals surface area contributed by atoms with Gasteiger partial charge in [-0.15, -0.1) is 0 Å². The Morgan fingerprint density at radius 1 is 1.25 bits per heavy atom. The van der Waals surface area contributed by atoms with Gasteiger partial charge in [-0.2, -0.15) is 0 Å². The molecule has 0 bridgehead atoms. The van der Waals surface area contributed by atoms with Gasteiger partial charge in [0.05, 0.1) is 0 Å². The van der Waals surface area contributed by atoms with Crippen molar-refractivity contribution in [2.45, 2.75) is 0 Å². The van der Waals surface area contributed by atoms with Crippen LogP contribution in [0.1, 0.15) is 0 Å². The Balaban J connectivity index is 3.16. The third kappa shape index (κ3) is 3.89. The second-order valence-corrected chi connectivity index (χ2v) is 1.58. The fourth-order valence-corrected chi connectivity index (χ4v) is 0.345. The molecule has 0 saturated heterocycles. The number of rotatable bonds is 4. The summed E-state index contributed by atoms with van der Waals surface area (Å²) in [6, 6.07) is 0. The number of hydrogen-bond donors (Lipinski definition) is 3. The van der Waals surface area contributed by atoms with Gasteiger partial charge in [-0.25, -0.2) is 0 Å². The SMILES string of the molecule is N=BOP(O)OB=N. The Morgan fingerprint density at radius 2 is 1.62 bits per heavy atom. The van der Waals surface area contributed by atoms with E-state index >= 15 is 0 Å². The summed E-state index contributed by atoms with van der Waals surface area (Å²) in [5, 5.41) is 12.5. The summed E-state index contributed by atoms with van der Waals surface area (Å²) < 4.78 is 8.14. The predicted octanol–water partition coefficient (Wildman–Crippen LogP) is 0.00194. The molecule has 0 rings (SSSR count). The van der Waals surface area contributed by atoms with Crippen molar-refractivity contribution < 1.29 is 13.8 Å². The minimum atomic E-state index is -2.07. The molecule has 8 heteroatoms. The molecule has 0 fully saturated rings. The molecule has 5 nitrogen and oxygen atoms in total. The fourth-order valence-electron chi connectivity index (χ4n) is 0.115. The molecule has 3 N–H and O–H groups in total. The van der Waals surface area contributed by atoms with Crippen LogP contribution in [0.2, 0.25) is 0 Å². The van der Waals surface area contributed by atoms with E-state index in [-0.39, 0.29) is 0 Å². The maximum absolute atomic E-state index is 8.37. The second-order valence-electron chi connectivity index (χ2n) is 0.684. The summed E-state index contributed by atoms with van der Waals surface area (Å²) in [6.07, 6.45) is 0. The molecule has 0 aliphatic rings. The standard InChI is InChI=1S/B2H3N2O3P/c3-1-6-8(5)7-2-4/h3-5H. The van der Waals surface area contributed by atoms with E-state index in [0.29, 0.717) is 14.5 Å². The van der Waals surface area contributed by atoms with Crippen LogP contribution < -0.4 is 0 Å². The van der Waals surface area contributed by atoms with Gasteiger partial charge < -0.3 is 0 Å². The summed E-state index contributed by atoms with van der Waals surface area (Å²) in [7, 11) is -0.965. The third-order valence-electron chi connectivity index (χ3n) is 0.286. The third-order valence-corrected chi connectivity index (χ3v) is 0.857. The van der Waals surface area contributed by atoms with Gasteiger partial charge in [-0.1, -0.05) is 0 Å². The van der Waals surface area contributed by atoms with Crippen LogP contribution in [0.15, 0.2) is 0 Å². The summed E-state index contributed by atoms with van der Waals surface area (Å²) in [5.41, 5.74) is 0. The van der Waals surface area contributed by atoms with Gasteiger partial charge in [-0.05, 0) is 0 Å². The first kappa shape index (κ1) is 7.72. The fraction of sp³-hybridized carbons (Fsp3) is 0. The van der Waals surface area contributed by atoms with Crippen LogP contribution in [0.25, 0.3) is 0 Å². The predicted molar refractivity (Wildman–Crippen MR) is 28.3 cm³/mol. The van der Waals surface area contributed by atoms with E-state index < -0.39 is 8.60 Å². The topological polar surface area (TPSA) is 86.4 Å². The van der Waals surface area contributed by atoms with Gasteiger partial charge in [0.2, 0.25) is 0 Å². The van der Waals surface area contributed by atoms with Crippen LogP contribution in [-0.4, -0.2) is 19.4 Å². The summed E-state index contributed by atoms with van der Waals surface area (Å²) in [6.45, 7) is 0. The molecule has 0 aliphatic heterocycles. The van der Waals surface area contributed by atoms with Crippen LogP contribution in [0, 0.1) is 10.6 Å². The summed E-state index contributed by atoms with van der Waals surface area (Å²) in [4.78, 5) is 8.37. The molecule has 0 heterocycles. The van der Waals surface area contributed by atoms with Crippen molar-refractivity contribution in [3.05, 3.63) is 0 Å². The Morgan fingerprint density at radius 3 is 1.88 bits per heavy atom. The first-order valence-corrected chi connectivity index (χ1v) is 2.74. The van der Waals surface area contributed by atoms with E-state index in [4.69, 9.17) is 15.5 Å². The van der Waals surface area contributed by atoms with E-state index in [9.17, 15) is 0 Å². The molecule has 0 aromatic rings. The van der Waals surface area contributed by atoms with E-state index in [1.54, 1.807) is 0 Å². The van der Waals surface area contributed by atoms with Crippen molar-refractivity contribution in [1.29, 1.82) is 10.6 Å². The molecule has 0 unspecified atom stereocenters. The van der Waals surface area contributed by atoms with Gasteiger partial charge in [0.1, 0.15) is 0 Å². The van der Waals surface area contributed by atoms with Crippen molar-refractivity contribution in [3.63, 3.8) is 0 Å². The molecule has 0 aromatic carbocycles. The van der Waals surface area contributed by atoms with Gasteiger partial charge >= 0.3 is 47.6 Å². The zero-order chi connectivity index (χ0) is 6.41. The van der Waals surface area contributed by atoms with Gasteiger partial charge in [0.25, 0.3) is 0 Å². The average Bonchev–Trinajstić information content (AvgIpc) is 1.68. The Bertz CT molecular complexity index is 77.4. The van der Waals surface area contributed by atoms with Crippen molar-refractivity contribution in [2.75, 3.05) is 0 Å². The van der Waals surface area contributed by atoms with E-state index in [1.807, 2.05) is 0 Å². The van der Waals surface area contributed by atoms with E-state index in [0.717, 1.165) is 0 Å². The minimum absolute atomic E-state index is 0.551. The molecule has 0 aliphatic carbocycles.